The molecule has 1 fully saturated rings. The van der Waals surface area contributed by atoms with Gasteiger partial charge in [-0.3, -0.25) is 38.8 Å². The summed E-state index contributed by atoms with van der Waals surface area (Å²) < 4.78 is 0. The Hall–Kier alpha value is -2.71. The first-order chi connectivity index (χ1) is 20.9. The molecule has 0 atom stereocenters. The van der Waals surface area contributed by atoms with Gasteiger partial charge in [-0.15, -0.1) is 0 Å². The van der Waals surface area contributed by atoms with E-state index in [-0.39, 0.29) is 32.1 Å². The highest BCUT2D eigenvalue weighted by atomic mass is 32.2. The summed E-state index contributed by atoms with van der Waals surface area (Å²) in [7, 11) is 0. The van der Waals surface area contributed by atoms with E-state index in [9.17, 15) is 29.4 Å². The van der Waals surface area contributed by atoms with Crippen LogP contribution in [0.5, 0.6) is 0 Å². The average molecular weight is 637 g/mol. The number of primary amides is 1. The van der Waals surface area contributed by atoms with E-state index >= 15 is 0 Å². The standard InChI is InChI=1S/C31H52N6O6S/c1-4-25-16-26(15-24(2)3)18-27(17-25)23-44-14-5-33-29(39)20-35-8-6-34(19-28(32)38)7-10-36(21-30(40)41)12-13-37(11-9-35)22-31(42)43/h16-18,24H,4-15,19-23H2,1-3H3,(H2,32,38)(H,33,39)(H,40,41)(H,42,43). The second-order valence-electron chi connectivity index (χ2n) is 11.9. The quantitative estimate of drug-likeness (QED) is 0.189. The molecule has 1 aromatic carbocycles. The number of thioether (sulfide) groups is 1. The molecule has 0 unspecified atom stereocenters. The Morgan fingerprint density at radius 2 is 1.23 bits per heavy atom. The second kappa shape index (κ2) is 20.3. The van der Waals surface area contributed by atoms with Crippen molar-refractivity contribution in [1.29, 1.82) is 0 Å². The molecule has 2 rings (SSSR count). The number of aryl methyl sites for hydroxylation is 1. The highest BCUT2D eigenvalue weighted by Gasteiger charge is 2.20. The number of benzene rings is 1. The number of nitrogens with one attached hydrogen (secondary N) is 1. The van der Waals surface area contributed by atoms with Crippen molar-refractivity contribution >= 4 is 35.5 Å². The molecule has 0 radical (unpaired) electrons. The van der Waals surface area contributed by atoms with E-state index in [4.69, 9.17) is 5.73 Å². The summed E-state index contributed by atoms with van der Waals surface area (Å²) >= 11 is 1.79. The molecule has 0 saturated carbocycles. The maximum atomic E-state index is 12.9. The highest BCUT2D eigenvalue weighted by molar-refractivity contribution is 7.98. The lowest BCUT2D eigenvalue weighted by molar-refractivity contribution is -0.140. The van der Waals surface area contributed by atoms with Crippen molar-refractivity contribution in [2.75, 3.05) is 90.8 Å². The van der Waals surface area contributed by atoms with E-state index in [2.05, 4.69) is 44.3 Å². The maximum Gasteiger partial charge on any atom is 0.317 e. The number of carboxylic acid groups (broad SMARTS) is 2. The molecule has 1 heterocycles. The van der Waals surface area contributed by atoms with Gasteiger partial charge in [-0.25, -0.2) is 0 Å². The summed E-state index contributed by atoms with van der Waals surface area (Å²) in [6.45, 7) is 10.3. The van der Waals surface area contributed by atoms with E-state index in [0.717, 1.165) is 24.3 Å². The van der Waals surface area contributed by atoms with Crippen LogP contribution in [0.25, 0.3) is 0 Å². The van der Waals surface area contributed by atoms with Crippen LogP contribution in [-0.2, 0) is 37.8 Å². The third-order valence-corrected chi connectivity index (χ3v) is 8.43. The Kier molecular flexibility index (Phi) is 17.3. The van der Waals surface area contributed by atoms with Crippen LogP contribution in [0.4, 0.5) is 0 Å². The van der Waals surface area contributed by atoms with Crippen LogP contribution in [0.2, 0.25) is 0 Å². The van der Waals surface area contributed by atoms with Crippen molar-refractivity contribution in [3.8, 4) is 0 Å². The van der Waals surface area contributed by atoms with Crippen LogP contribution < -0.4 is 11.1 Å². The third-order valence-electron chi connectivity index (χ3n) is 7.40. The number of carbonyl (C=O) groups is 4. The molecule has 1 aliphatic rings. The first-order valence-corrected chi connectivity index (χ1v) is 16.7. The lowest BCUT2D eigenvalue weighted by atomic mass is 9.98. The maximum absolute atomic E-state index is 12.9. The predicted molar refractivity (Wildman–Crippen MR) is 174 cm³/mol. The Bertz CT molecular complexity index is 1040. The molecule has 1 aliphatic heterocycles. The van der Waals surface area contributed by atoms with Gasteiger partial charge < -0.3 is 21.3 Å². The summed E-state index contributed by atoms with van der Waals surface area (Å²) in [5.41, 5.74) is 9.51. The first-order valence-electron chi connectivity index (χ1n) is 15.5. The third kappa shape index (κ3) is 16.4. The van der Waals surface area contributed by atoms with Gasteiger partial charge in [0.15, 0.2) is 0 Å². The molecule has 1 saturated heterocycles. The predicted octanol–water partition coefficient (Wildman–Crippen LogP) is 0.673. The van der Waals surface area contributed by atoms with Crippen molar-refractivity contribution < 1.29 is 29.4 Å². The monoisotopic (exact) mass is 636 g/mol. The van der Waals surface area contributed by atoms with Gasteiger partial charge in [0.05, 0.1) is 26.2 Å². The fraction of sp³-hybridized carbons (Fsp3) is 0.677. The van der Waals surface area contributed by atoms with Gasteiger partial charge in [-0.2, -0.15) is 11.8 Å². The SMILES string of the molecule is CCc1cc(CSCCNC(=O)CN2CCN(CC(N)=O)CCN(CC(=O)O)CCN(CC(=O)O)CC2)cc(CC(C)C)c1. The summed E-state index contributed by atoms with van der Waals surface area (Å²) in [5.74, 6) is -0.241. The summed E-state index contributed by atoms with van der Waals surface area (Å²) in [4.78, 5) is 54.8. The fourth-order valence-electron chi connectivity index (χ4n) is 5.24. The van der Waals surface area contributed by atoms with Crippen LogP contribution in [0.3, 0.4) is 0 Å². The second-order valence-corrected chi connectivity index (χ2v) is 13.0. The Morgan fingerprint density at radius 1 is 0.773 bits per heavy atom. The average Bonchev–Trinajstić information content (AvgIpc) is 2.92. The number of nitrogens with zero attached hydrogens (tertiary/aromatic N) is 4. The topological polar surface area (TPSA) is 160 Å². The van der Waals surface area contributed by atoms with Gasteiger partial charge in [-0.05, 0) is 35.4 Å². The van der Waals surface area contributed by atoms with E-state index in [0.29, 0.717) is 64.8 Å². The number of amides is 2. The summed E-state index contributed by atoms with van der Waals surface area (Å²) in [6, 6.07) is 6.86. The number of hydrogen-bond acceptors (Lipinski definition) is 9. The number of aliphatic carboxylic acids is 2. The van der Waals surface area contributed by atoms with Crippen LogP contribution in [0, 0.1) is 5.92 Å². The van der Waals surface area contributed by atoms with E-state index in [1.807, 2.05) is 9.80 Å². The van der Waals surface area contributed by atoms with Crippen LogP contribution in [0.1, 0.15) is 37.5 Å². The largest absolute Gasteiger partial charge is 0.480 e. The molecule has 2 amide bonds. The molecule has 0 bridgehead atoms. The number of carbonyl (C=O) groups excluding carboxylic acids is 2. The minimum atomic E-state index is -0.972. The van der Waals surface area contributed by atoms with E-state index in [1.165, 1.54) is 16.7 Å². The lowest BCUT2D eigenvalue weighted by Gasteiger charge is -2.33. The smallest absolute Gasteiger partial charge is 0.317 e. The number of hydrogen-bond donors (Lipinski definition) is 4. The summed E-state index contributed by atoms with van der Waals surface area (Å²) in [5, 5.41) is 21.7. The Balaban J connectivity index is 1.94. The van der Waals surface area contributed by atoms with Crippen molar-refractivity contribution in [1.82, 2.24) is 24.9 Å². The molecular weight excluding hydrogens is 584 g/mol. The van der Waals surface area contributed by atoms with Crippen molar-refractivity contribution in [2.24, 2.45) is 11.7 Å². The van der Waals surface area contributed by atoms with Gasteiger partial charge >= 0.3 is 11.9 Å². The molecule has 248 valence electrons. The van der Waals surface area contributed by atoms with E-state index in [1.54, 1.807) is 21.6 Å². The molecule has 12 nitrogen and oxygen atoms in total. The van der Waals surface area contributed by atoms with Gasteiger partial charge in [0.2, 0.25) is 11.8 Å². The molecular formula is C31H52N6O6S. The molecule has 1 aromatic rings. The van der Waals surface area contributed by atoms with Gasteiger partial charge in [0.25, 0.3) is 0 Å². The molecule has 0 aromatic heterocycles. The van der Waals surface area contributed by atoms with E-state index < -0.39 is 17.8 Å². The fourth-order valence-corrected chi connectivity index (χ4v) is 6.03. The number of rotatable bonds is 16. The van der Waals surface area contributed by atoms with Crippen molar-refractivity contribution in [3.05, 3.63) is 34.9 Å². The lowest BCUT2D eigenvalue weighted by Crippen LogP contribution is -2.50. The molecule has 44 heavy (non-hydrogen) atoms. The molecule has 13 heteroatoms. The van der Waals surface area contributed by atoms with Crippen LogP contribution >= 0.6 is 11.8 Å². The van der Waals surface area contributed by atoms with Gasteiger partial charge in [0, 0.05) is 70.4 Å². The molecule has 5 N–H and O–H groups in total. The first kappa shape index (κ1) is 37.5. The molecule has 0 aliphatic carbocycles. The minimum absolute atomic E-state index is 0.0312. The zero-order chi connectivity index (χ0) is 32.5. The summed E-state index contributed by atoms with van der Waals surface area (Å²) in [6.07, 6.45) is 2.07. The van der Waals surface area contributed by atoms with Crippen molar-refractivity contribution in [2.45, 2.75) is 39.4 Å². The highest BCUT2D eigenvalue weighted by Crippen LogP contribution is 2.19. The zero-order valence-corrected chi connectivity index (χ0v) is 27.4. The van der Waals surface area contributed by atoms with Crippen LogP contribution in [0.15, 0.2) is 18.2 Å². The zero-order valence-electron chi connectivity index (χ0n) is 26.6. The minimum Gasteiger partial charge on any atom is -0.480 e. The normalized spacial score (nSPS) is 16.7. The van der Waals surface area contributed by atoms with Crippen molar-refractivity contribution in [3.63, 3.8) is 0 Å². The van der Waals surface area contributed by atoms with Gasteiger partial charge in [0.1, 0.15) is 0 Å². The number of nitrogens with two attached hydrogens (primary N) is 1. The number of carboxylic acids is 2. The van der Waals surface area contributed by atoms with Crippen LogP contribution in [-0.4, -0.2) is 144 Å². The Labute approximate surface area is 266 Å². The molecule has 0 spiro atoms. The Morgan fingerprint density at radius 3 is 1.68 bits per heavy atom. The van der Waals surface area contributed by atoms with Gasteiger partial charge in [-0.1, -0.05) is 39.0 Å².